The number of H-pyrrole nitrogens is 1. The number of fused-ring (bicyclic) bond motifs is 1. The number of hydrogen-bond acceptors (Lipinski definition) is 2. The zero-order chi connectivity index (χ0) is 23.5. The third-order valence-corrected chi connectivity index (χ3v) is 6.47. The summed E-state index contributed by atoms with van der Waals surface area (Å²) in [4.78, 5) is 15.9. The van der Waals surface area contributed by atoms with Crippen LogP contribution in [-0.2, 0) is 11.2 Å². The monoisotopic (exact) mass is 476 g/mol. The van der Waals surface area contributed by atoms with Crippen molar-refractivity contribution in [1.82, 2.24) is 14.9 Å². The number of amides is 1. The molecule has 2 aromatic carbocycles. The van der Waals surface area contributed by atoms with E-state index in [1.54, 1.807) is 12.1 Å². The summed E-state index contributed by atoms with van der Waals surface area (Å²) in [5, 5.41) is 14.5. The summed E-state index contributed by atoms with van der Waals surface area (Å²) in [6.07, 6.45) is 4.22. The van der Waals surface area contributed by atoms with Crippen LogP contribution in [0.4, 0.5) is 0 Å². The van der Waals surface area contributed by atoms with E-state index >= 15 is 0 Å². The summed E-state index contributed by atoms with van der Waals surface area (Å²) in [7, 11) is 0. The van der Waals surface area contributed by atoms with Crippen LogP contribution in [0.1, 0.15) is 22.5 Å². The van der Waals surface area contributed by atoms with E-state index < -0.39 is 5.91 Å². The molecular weight excluding hydrogens is 455 g/mol. The minimum Gasteiger partial charge on any atom is -0.361 e. The number of carbonyl (C=O) groups is 1. The molecule has 7 heteroatoms. The second-order valence-corrected chi connectivity index (χ2v) is 8.56. The van der Waals surface area contributed by atoms with Gasteiger partial charge in [-0.2, -0.15) is 5.26 Å². The minimum atomic E-state index is -0.400. The normalized spacial score (nSPS) is 11.5. The third-order valence-electron chi connectivity index (χ3n) is 5.66. The van der Waals surface area contributed by atoms with Crippen molar-refractivity contribution in [2.45, 2.75) is 20.3 Å². The first kappa shape index (κ1) is 22.7. The third kappa shape index (κ3) is 4.54. The topological polar surface area (TPSA) is 73.6 Å². The lowest BCUT2D eigenvalue weighted by atomic mass is 10.1. The summed E-state index contributed by atoms with van der Waals surface area (Å²) in [6, 6.07) is 17.4. The molecule has 0 unspecified atom stereocenters. The van der Waals surface area contributed by atoms with Crippen molar-refractivity contribution in [2.24, 2.45) is 0 Å². The summed E-state index contributed by atoms with van der Waals surface area (Å²) in [5.41, 5.74) is 5.52. The van der Waals surface area contributed by atoms with Crippen LogP contribution >= 0.6 is 23.2 Å². The van der Waals surface area contributed by atoms with Gasteiger partial charge in [0.25, 0.3) is 5.91 Å². The van der Waals surface area contributed by atoms with Crippen molar-refractivity contribution < 1.29 is 4.79 Å². The highest BCUT2D eigenvalue weighted by Crippen LogP contribution is 2.32. The molecule has 5 nitrogen and oxygen atoms in total. The van der Waals surface area contributed by atoms with Gasteiger partial charge in [0.05, 0.1) is 15.7 Å². The van der Waals surface area contributed by atoms with Gasteiger partial charge in [-0.05, 0) is 61.7 Å². The molecule has 0 aliphatic carbocycles. The van der Waals surface area contributed by atoms with Gasteiger partial charge in [-0.3, -0.25) is 4.79 Å². The number of aryl methyl sites for hydroxylation is 1. The average Bonchev–Trinajstić information content (AvgIpc) is 3.34. The molecule has 0 fully saturated rings. The van der Waals surface area contributed by atoms with Crippen LogP contribution in [0.25, 0.3) is 22.7 Å². The number of nitrogens with one attached hydrogen (secondary N) is 2. The van der Waals surface area contributed by atoms with Crippen molar-refractivity contribution in [3.05, 3.63) is 92.9 Å². The number of benzene rings is 2. The molecule has 2 heterocycles. The largest absolute Gasteiger partial charge is 0.361 e. The number of rotatable bonds is 6. The van der Waals surface area contributed by atoms with Crippen LogP contribution in [0.2, 0.25) is 10.0 Å². The number of hydrogen-bond donors (Lipinski definition) is 2. The maximum absolute atomic E-state index is 12.7. The van der Waals surface area contributed by atoms with E-state index in [1.807, 2.05) is 73.1 Å². The fourth-order valence-corrected chi connectivity index (χ4v) is 4.40. The second-order valence-electron chi connectivity index (χ2n) is 7.77. The molecule has 2 N–H and O–H groups in total. The van der Waals surface area contributed by atoms with E-state index in [2.05, 4.69) is 10.3 Å². The van der Waals surface area contributed by atoms with E-state index in [0.717, 1.165) is 39.1 Å². The van der Waals surface area contributed by atoms with Crippen LogP contribution in [0.15, 0.2) is 60.3 Å². The van der Waals surface area contributed by atoms with Gasteiger partial charge in [0, 0.05) is 35.0 Å². The maximum Gasteiger partial charge on any atom is 0.261 e. The molecule has 166 valence electrons. The first-order chi connectivity index (χ1) is 15.9. The predicted octanol–water partition coefficient (Wildman–Crippen LogP) is 6.15. The van der Waals surface area contributed by atoms with Crippen molar-refractivity contribution in [3.63, 3.8) is 0 Å². The average molecular weight is 477 g/mol. The molecule has 4 aromatic rings. The molecule has 33 heavy (non-hydrogen) atoms. The molecule has 0 atom stereocenters. The van der Waals surface area contributed by atoms with Crippen molar-refractivity contribution in [1.29, 1.82) is 5.26 Å². The highest BCUT2D eigenvalue weighted by atomic mass is 35.5. The molecule has 1 amide bonds. The molecule has 0 radical (unpaired) electrons. The zero-order valence-corrected chi connectivity index (χ0v) is 19.8. The first-order valence-corrected chi connectivity index (χ1v) is 11.2. The number of aromatic nitrogens is 2. The Morgan fingerprint density at radius 2 is 1.97 bits per heavy atom. The summed E-state index contributed by atoms with van der Waals surface area (Å²) < 4.78 is 1.96. The molecule has 0 bridgehead atoms. The number of nitriles is 1. The van der Waals surface area contributed by atoms with Gasteiger partial charge in [0.15, 0.2) is 0 Å². The Kier molecular flexibility index (Phi) is 6.60. The lowest BCUT2D eigenvalue weighted by Crippen LogP contribution is -2.26. The Bertz CT molecular complexity index is 1420. The van der Waals surface area contributed by atoms with Gasteiger partial charge in [0.2, 0.25) is 0 Å². The smallest absolute Gasteiger partial charge is 0.261 e. The van der Waals surface area contributed by atoms with Crippen LogP contribution in [0.3, 0.4) is 0 Å². The highest BCUT2D eigenvalue weighted by molar-refractivity contribution is 6.43. The van der Waals surface area contributed by atoms with Crippen LogP contribution < -0.4 is 5.32 Å². The van der Waals surface area contributed by atoms with E-state index in [1.165, 1.54) is 0 Å². The standard InChI is InChI=1S/C26H22Cl2N4O/c1-16-12-19(17(2)32(16)24-9-5-7-22(27)25(24)28)13-20(14-29)26(33)30-11-10-18-15-31-23-8-4-3-6-21(18)23/h3-9,12-13,15,31H,10-11H2,1-2H3,(H,30,33)/b20-13-. The van der Waals surface area contributed by atoms with Crippen LogP contribution in [0, 0.1) is 25.2 Å². The Morgan fingerprint density at radius 1 is 1.18 bits per heavy atom. The van der Waals surface area contributed by atoms with Gasteiger partial charge in [0.1, 0.15) is 11.6 Å². The number of halogens is 2. The molecular formula is C26H22Cl2N4O. The molecule has 4 rings (SSSR count). The quantitative estimate of drug-likeness (QED) is 0.258. The maximum atomic E-state index is 12.7. The Labute approximate surface area is 202 Å². The van der Waals surface area contributed by atoms with Gasteiger partial charge in [-0.25, -0.2) is 0 Å². The molecule has 0 saturated carbocycles. The molecule has 0 aliphatic heterocycles. The Balaban J connectivity index is 1.52. The first-order valence-electron chi connectivity index (χ1n) is 10.5. The summed E-state index contributed by atoms with van der Waals surface area (Å²) >= 11 is 12.6. The van der Waals surface area contributed by atoms with Gasteiger partial charge in [-0.1, -0.05) is 47.5 Å². The predicted molar refractivity (Wildman–Crippen MR) is 134 cm³/mol. The lowest BCUT2D eigenvalue weighted by molar-refractivity contribution is -0.117. The number of para-hydroxylation sites is 1. The lowest BCUT2D eigenvalue weighted by Gasteiger charge is -2.12. The van der Waals surface area contributed by atoms with Crippen LogP contribution in [0.5, 0.6) is 0 Å². The van der Waals surface area contributed by atoms with Crippen molar-refractivity contribution >= 4 is 46.1 Å². The molecule has 2 aromatic heterocycles. The fourth-order valence-electron chi connectivity index (χ4n) is 4.02. The van der Waals surface area contributed by atoms with Crippen LogP contribution in [-0.4, -0.2) is 22.0 Å². The second kappa shape index (κ2) is 9.58. The Hall–Kier alpha value is -3.46. The van der Waals surface area contributed by atoms with E-state index in [4.69, 9.17) is 23.2 Å². The van der Waals surface area contributed by atoms with Gasteiger partial charge >= 0.3 is 0 Å². The van der Waals surface area contributed by atoms with E-state index in [9.17, 15) is 10.1 Å². The molecule has 0 aliphatic rings. The highest BCUT2D eigenvalue weighted by Gasteiger charge is 2.16. The Morgan fingerprint density at radius 3 is 2.76 bits per heavy atom. The molecule has 0 saturated heterocycles. The van der Waals surface area contributed by atoms with Gasteiger partial charge < -0.3 is 14.9 Å². The van der Waals surface area contributed by atoms with Crippen molar-refractivity contribution in [2.75, 3.05) is 6.54 Å². The molecule has 0 spiro atoms. The summed E-state index contributed by atoms with van der Waals surface area (Å²) in [6.45, 7) is 4.28. The van der Waals surface area contributed by atoms with E-state index in [-0.39, 0.29) is 5.57 Å². The number of carbonyl (C=O) groups excluding carboxylic acids is 1. The van der Waals surface area contributed by atoms with Crippen molar-refractivity contribution in [3.8, 4) is 11.8 Å². The minimum absolute atomic E-state index is 0.0476. The number of aromatic amines is 1. The zero-order valence-electron chi connectivity index (χ0n) is 18.2. The number of nitrogens with zero attached hydrogens (tertiary/aromatic N) is 2. The van der Waals surface area contributed by atoms with E-state index in [0.29, 0.717) is 23.0 Å². The SMILES string of the molecule is Cc1cc(/C=C(/C#N)C(=O)NCCc2c[nH]c3ccccc23)c(C)n1-c1cccc(Cl)c1Cl. The fraction of sp³-hybridized carbons (Fsp3) is 0.154. The summed E-state index contributed by atoms with van der Waals surface area (Å²) in [5.74, 6) is -0.400. The van der Waals surface area contributed by atoms with Gasteiger partial charge in [-0.15, -0.1) is 0 Å².